The summed E-state index contributed by atoms with van der Waals surface area (Å²) < 4.78 is 0. The number of nitrogens with zero attached hydrogens (tertiary/aromatic N) is 2. The van der Waals surface area contributed by atoms with Crippen LogP contribution in [0.15, 0.2) is 30.3 Å². The van der Waals surface area contributed by atoms with Crippen LogP contribution in [0, 0.1) is 6.92 Å². The van der Waals surface area contributed by atoms with E-state index >= 15 is 0 Å². The lowest BCUT2D eigenvalue weighted by atomic mass is 10.2. The van der Waals surface area contributed by atoms with Gasteiger partial charge in [0.05, 0.1) is 5.75 Å². The average Bonchev–Trinajstić information content (AvgIpc) is 2.47. The molecule has 0 saturated heterocycles. The Labute approximate surface area is 135 Å². The number of hydrogen-bond donors (Lipinski definition) is 1. The van der Waals surface area contributed by atoms with Gasteiger partial charge in [-0.2, -0.15) is 0 Å². The standard InChI is InChI=1S/C16H20ClN3S/c1-3-8-18-15-9-12(2)19-16(20-15)11-21-10-13-6-4-5-7-14(13)17/h4-7,9H,3,8,10-11H2,1-2H3,(H,18,19,20). The van der Waals surface area contributed by atoms with Gasteiger partial charge in [-0.05, 0) is 25.0 Å². The van der Waals surface area contributed by atoms with Crippen molar-refractivity contribution >= 4 is 29.2 Å². The van der Waals surface area contributed by atoms with Crippen molar-refractivity contribution in [3.63, 3.8) is 0 Å². The summed E-state index contributed by atoms with van der Waals surface area (Å²) in [6, 6.07) is 9.93. The Hall–Kier alpha value is -1.26. The van der Waals surface area contributed by atoms with Crippen molar-refractivity contribution in [2.75, 3.05) is 11.9 Å². The van der Waals surface area contributed by atoms with Gasteiger partial charge in [0, 0.05) is 29.1 Å². The molecule has 1 aromatic carbocycles. The lowest BCUT2D eigenvalue weighted by Gasteiger charge is -2.08. The van der Waals surface area contributed by atoms with E-state index in [-0.39, 0.29) is 0 Å². The van der Waals surface area contributed by atoms with Crippen molar-refractivity contribution in [1.29, 1.82) is 0 Å². The van der Waals surface area contributed by atoms with Gasteiger partial charge >= 0.3 is 0 Å². The van der Waals surface area contributed by atoms with Crippen molar-refractivity contribution < 1.29 is 0 Å². The molecule has 0 saturated carbocycles. The van der Waals surface area contributed by atoms with E-state index < -0.39 is 0 Å². The molecule has 2 aromatic rings. The molecule has 5 heteroatoms. The monoisotopic (exact) mass is 321 g/mol. The summed E-state index contributed by atoms with van der Waals surface area (Å²) in [5.74, 6) is 3.44. The predicted molar refractivity (Wildman–Crippen MR) is 92.0 cm³/mol. The maximum Gasteiger partial charge on any atom is 0.140 e. The van der Waals surface area contributed by atoms with E-state index in [0.717, 1.165) is 52.4 Å². The zero-order valence-corrected chi connectivity index (χ0v) is 14.0. The first-order valence-electron chi connectivity index (χ1n) is 7.08. The lowest BCUT2D eigenvalue weighted by molar-refractivity contribution is 0.940. The molecule has 0 bridgehead atoms. The van der Waals surface area contributed by atoms with Gasteiger partial charge in [0.15, 0.2) is 0 Å². The number of aromatic nitrogens is 2. The average molecular weight is 322 g/mol. The molecule has 1 heterocycles. The summed E-state index contributed by atoms with van der Waals surface area (Å²) in [6.07, 6.45) is 1.08. The van der Waals surface area contributed by atoms with Gasteiger partial charge in [-0.15, -0.1) is 11.8 Å². The maximum atomic E-state index is 6.16. The zero-order valence-electron chi connectivity index (χ0n) is 12.4. The first-order chi connectivity index (χ1) is 10.2. The predicted octanol–water partition coefficient (Wildman–Crippen LogP) is 4.69. The molecule has 0 amide bonds. The summed E-state index contributed by atoms with van der Waals surface area (Å²) in [5.41, 5.74) is 2.15. The van der Waals surface area contributed by atoms with Crippen LogP contribution in [0.1, 0.15) is 30.4 Å². The van der Waals surface area contributed by atoms with Gasteiger partial charge in [-0.25, -0.2) is 9.97 Å². The minimum absolute atomic E-state index is 0.785. The van der Waals surface area contributed by atoms with Gasteiger partial charge < -0.3 is 5.32 Å². The maximum absolute atomic E-state index is 6.16. The van der Waals surface area contributed by atoms with Crippen LogP contribution in [0.5, 0.6) is 0 Å². The molecule has 0 atom stereocenters. The molecule has 1 aromatic heterocycles. The van der Waals surface area contributed by atoms with E-state index in [2.05, 4.69) is 28.3 Å². The quantitative estimate of drug-likeness (QED) is 0.802. The Balaban J connectivity index is 1.93. The number of hydrogen-bond acceptors (Lipinski definition) is 4. The fourth-order valence-corrected chi connectivity index (χ4v) is 3.07. The summed E-state index contributed by atoms with van der Waals surface area (Å²) >= 11 is 7.94. The van der Waals surface area contributed by atoms with Crippen LogP contribution in [0.3, 0.4) is 0 Å². The largest absolute Gasteiger partial charge is 0.370 e. The highest BCUT2D eigenvalue weighted by Gasteiger charge is 2.04. The molecular weight excluding hydrogens is 302 g/mol. The minimum atomic E-state index is 0.785. The van der Waals surface area contributed by atoms with E-state index in [0.29, 0.717) is 0 Å². The molecule has 0 aliphatic carbocycles. The molecular formula is C16H20ClN3S. The van der Waals surface area contributed by atoms with Crippen LogP contribution in [-0.4, -0.2) is 16.5 Å². The lowest BCUT2D eigenvalue weighted by Crippen LogP contribution is -2.05. The van der Waals surface area contributed by atoms with Crippen molar-refractivity contribution in [1.82, 2.24) is 9.97 Å². The highest BCUT2D eigenvalue weighted by atomic mass is 35.5. The Morgan fingerprint density at radius 2 is 2.00 bits per heavy atom. The molecule has 0 aliphatic rings. The number of rotatable bonds is 7. The number of anilines is 1. The molecule has 0 unspecified atom stereocenters. The van der Waals surface area contributed by atoms with E-state index in [4.69, 9.17) is 11.6 Å². The number of nitrogens with one attached hydrogen (secondary N) is 1. The highest BCUT2D eigenvalue weighted by Crippen LogP contribution is 2.22. The normalized spacial score (nSPS) is 10.6. The first kappa shape index (κ1) is 16.1. The van der Waals surface area contributed by atoms with Gasteiger partial charge in [-0.1, -0.05) is 36.7 Å². The number of halogens is 1. The number of benzene rings is 1. The third-order valence-electron chi connectivity index (χ3n) is 2.90. The fraction of sp³-hybridized carbons (Fsp3) is 0.375. The van der Waals surface area contributed by atoms with Crippen molar-refractivity contribution in [3.8, 4) is 0 Å². The van der Waals surface area contributed by atoms with Crippen LogP contribution >= 0.6 is 23.4 Å². The van der Waals surface area contributed by atoms with E-state index in [9.17, 15) is 0 Å². The molecule has 112 valence electrons. The van der Waals surface area contributed by atoms with E-state index in [1.54, 1.807) is 11.8 Å². The van der Waals surface area contributed by atoms with Crippen LogP contribution in [0.25, 0.3) is 0 Å². The second kappa shape index (κ2) is 8.25. The molecule has 3 nitrogen and oxygen atoms in total. The summed E-state index contributed by atoms with van der Waals surface area (Å²) in [5, 5.41) is 4.13. The number of thioether (sulfide) groups is 1. The summed E-state index contributed by atoms with van der Waals surface area (Å²) in [6.45, 7) is 5.07. The molecule has 1 N–H and O–H groups in total. The molecule has 0 radical (unpaired) electrons. The molecule has 2 rings (SSSR count). The highest BCUT2D eigenvalue weighted by molar-refractivity contribution is 7.97. The Morgan fingerprint density at radius 3 is 2.76 bits per heavy atom. The second-order valence-electron chi connectivity index (χ2n) is 4.82. The second-order valence-corrected chi connectivity index (χ2v) is 6.21. The van der Waals surface area contributed by atoms with Gasteiger partial charge in [0.25, 0.3) is 0 Å². The fourth-order valence-electron chi connectivity index (χ4n) is 1.91. The van der Waals surface area contributed by atoms with Crippen molar-refractivity contribution in [3.05, 3.63) is 52.4 Å². The SMILES string of the molecule is CCCNc1cc(C)nc(CSCc2ccccc2Cl)n1. The van der Waals surface area contributed by atoms with Crippen LogP contribution in [-0.2, 0) is 11.5 Å². The molecule has 0 spiro atoms. The first-order valence-corrected chi connectivity index (χ1v) is 8.62. The van der Waals surface area contributed by atoms with Gasteiger partial charge in [0.1, 0.15) is 11.6 Å². The van der Waals surface area contributed by atoms with E-state index in [1.807, 2.05) is 31.2 Å². The summed E-state index contributed by atoms with van der Waals surface area (Å²) in [4.78, 5) is 9.04. The van der Waals surface area contributed by atoms with Gasteiger partial charge in [-0.3, -0.25) is 0 Å². The van der Waals surface area contributed by atoms with E-state index in [1.165, 1.54) is 0 Å². The van der Waals surface area contributed by atoms with Crippen LogP contribution < -0.4 is 5.32 Å². The molecule has 21 heavy (non-hydrogen) atoms. The Bertz CT molecular complexity index is 589. The smallest absolute Gasteiger partial charge is 0.140 e. The van der Waals surface area contributed by atoms with Gasteiger partial charge in [0.2, 0.25) is 0 Å². The minimum Gasteiger partial charge on any atom is -0.370 e. The third kappa shape index (κ3) is 5.21. The third-order valence-corrected chi connectivity index (χ3v) is 4.25. The summed E-state index contributed by atoms with van der Waals surface area (Å²) in [7, 11) is 0. The van der Waals surface area contributed by atoms with Crippen LogP contribution in [0.2, 0.25) is 5.02 Å². The van der Waals surface area contributed by atoms with Crippen molar-refractivity contribution in [2.45, 2.75) is 31.8 Å². The molecule has 0 aliphatic heterocycles. The Morgan fingerprint density at radius 1 is 1.19 bits per heavy atom. The van der Waals surface area contributed by atoms with Crippen LogP contribution in [0.4, 0.5) is 5.82 Å². The van der Waals surface area contributed by atoms with Crippen molar-refractivity contribution in [2.24, 2.45) is 0 Å². The Kier molecular flexibility index (Phi) is 6.33. The topological polar surface area (TPSA) is 37.8 Å². The number of aryl methyl sites for hydroxylation is 1. The zero-order chi connectivity index (χ0) is 15.1. The molecule has 0 fully saturated rings.